The van der Waals surface area contributed by atoms with Gasteiger partial charge >= 0.3 is 0 Å². The standard InChI is InChI=1S/C12H15N3O/c1-7-14-12(16)9-4-2-3-8-10(13)5-6-15(7)11(8)9/h2-4,7,10H,5-6,13H2,1H3,(H,14,16)/t7-,10-/m1/s1. The van der Waals surface area contributed by atoms with Crippen LogP contribution >= 0.6 is 0 Å². The van der Waals surface area contributed by atoms with Crippen molar-refractivity contribution in [1.82, 2.24) is 5.32 Å². The lowest BCUT2D eigenvalue weighted by molar-refractivity contribution is 0.0929. The van der Waals surface area contributed by atoms with Crippen molar-refractivity contribution in [1.29, 1.82) is 0 Å². The van der Waals surface area contributed by atoms with Crippen molar-refractivity contribution >= 4 is 11.6 Å². The largest absolute Gasteiger partial charge is 0.351 e. The Morgan fingerprint density at radius 2 is 2.31 bits per heavy atom. The van der Waals surface area contributed by atoms with Crippen LogP contribution in [0, 0.1) is 0 Å². The number of amides is 1. The minimum atomic E-state index is 0.00898. The number of rotatable bonds is 0. The predicted molar refractivity (Wildman–Crippen MR) is 62.3 cm³/mol. The topological polar surface area (TPSA) is 58.4 Å². The van der Waals surface area contributed by atoms with Gasteiger partial charge in [0.25, 0.3) is 5.91 Å². The molecule has 0 aliphatic carbocycles. The van der Waals surface area contributed by atoms with Crippen molar-refractivity contribution in [3.8, 4) is 0 Å². The van der Waals surface area contributed by atoms with E-state index in [1.54, 1.807) is 0 Å². The third-order valence-corrected chi connectivity index (χ3v) is 3.49. The fourth-order valence-corrected chi connectivity index (χ4v) is 2.64. The summed E-state index contributed by atoms with van der Waals surface area (Å²) in [4.78, 5) is 14.1. The van der Waals surface area contributed by atoms with E-state index < -0.39 is 0 Å². The molecule has 16 heavy (non-hydrogen) atoms. The monoisotopic (exact) mass is 217 g/mol. The molecule has 4 nitrogen and oxygen atoms in total. The van der Waals surface area contributed by atoms with Crippen molar-refractivity contribution in [2.24, 2.45) is 5.73 Å². The fraction of sp³-hybridized carbons (Fsp3) is 0.417. The first kappa shape index (κ1) is 9.66. The quantitative estimate of drug-likeness (QED) is 0.681. The lowest BCUT2D eigenvalue weighted by Crippen LogP contribution is -2.53. The summed E-state index contributed by atoms with van der Waals surface area (Å²) in [6, 6.07) is 5.86. The maximum Gasteiger partial charge on any atom is 0.254 e. The van der Waals surface area contributed by atoms with Gasteiger partial charge in [0.15, 0.2) is 0 Å². The number of nitrogens with two attached hydrogens (primary N) is 1. The van der Waals surface area contributed by atoms with Crippen LogP contribution in [0.1, 0.15) is 35.3 Å². The molecule has 2 heterocycles. The number of carbonyl (C=O) groups is 1. The van der Waals surface area contributed by atoms with E-state index in [-0.39, 0.29) is 18.1 Å². The first-order chi connectivity index (χ1) is 7.68. The molecule has 4 heteroatoms. The average Bonchev–Trinajstić information content (AvgIpc) is 2.27. The summed E-state index contributed by atoms with van der Waals surface area (Å²) in [5.41, 5.74) is 8.99. The van der Waals surface area contributed by atoms with Gasteiger partial charge in [-0.2, -0.15) is 0 Å². The summed E-state index contributed by atoms with van der Waals surface area (Å²) in [5.74, 6) is 0.00898. The third kappa shape index (κ3) is 1.16. The molecule has 0 fully saturated rings. The second kappa shape index (κ2) is 3.22. The molecule has 1 aromatic rings. The number of benzene rings is 1. The van der Waals surface area contributed by atoms with Crippen LogP contribution in [-0.2, 0) is 0 Å². The second-order valence-electron chi connectivity index (χ2n) is 4.48. The van der Waals surface area contributed by atoms with Gasteiger partial charge in [-0.1, -0.05) is 12.1 Å². The highest BCUT2D eigenvalue weighted by Crippen LogP contribution is 2.38. The van der Waals surface area contributed by atoms with E-state index in [0.29, 0.717) is 0 Å². The highest BCUT2D eigenvalue weighted by atomic mass is 16.2. The van der Waals surface area contributed by atoms with Crippen molar-refractivity contribution in [2.45, 2.75) is 25.6 Å². The van der Waals surface area contributed by atoms with Gasteiger partial charge in [-0.25, -0.2) is 0 Å². The summed E-state index contributed by atoms with van der Waals surface area (Å²) < 4.78 is 0. The van der Waals surface area contributed by atoms with Gasteiger partial charge in [0, 0.05) is 12.6 Å². The fourth-order valence-electron chi connectivity index (χ4n) is 2.64. The van der Waals surface area contributed by atoms with Gasteiger partial charge in [-0.05, 0) is 25.0 Å². The van der Waals surface area contributed by atoms with E-state index in [2.05, 4.69) is 10.2 Å². The molecular formula is C12H15N3O. The molecule has 0 aromatic heterocycles. The molecule has 0 bridgehead atoms. The Kier molecular flexibility index (Phi) is 1.94. The van der Waals surface area contributed by atoms with Crippen LogP contribution in [0.15, 0.2) is 18.2 Å². The summed E-state index contributed by atoms with van der Waals surface area (Å²) >= 11 is 0. The first-order valence-electron chi connectivity index (χ1n) is 5.64. The number of anilines is 1. The van der Waals surface area contributed by atoms with Gasteiger partial charge in [-0.3, -0.25) is 4.79 Å². The van der Waals surface area contributed by atoms with Gasteiger partial charge in [0.2, 0.25) is 0 Å². The Morgan fingerprint density at radius 1 is 1.50 bits per heavy atom. The van der Waals surface area contributed by atoms with E-state index in [1.165, 1.54) is 0 Å². The number of carbonyl (C=O) groups excluding carboxylic acids is 1. The summed E-state index contributed by atoms with van der Waals surface area (Å²) in [5, 5.41) is 2.96. The normalized spacial score (nSPS) is 27.4. The zero-order valence-corrected chi connectivity index (χ0v) is 9.23. The minimum absolute atomic E-state index is 0.00898. The molecule has 2 atom stereocenters. The SMILES string of the molecule is C[C@@H]1NC(=O)c2cccc3c2N1CC[C@H]3N. The van der Waals surface area contributed by atoms with Gasteiger partial charge in [-0.15, -0.1) is 0 Å². The zero-order chi connectivity index (χ0) is 11.3. The van der Waals surface area contributed by atoms with E-state index in [0.717, 1.165) is 29.8 Å². The molecule has 0 saturated carbocycles. The number of para-hydroxylation sites is 1. The smallest absolute Gasteiger partial charge is 0.254 e. The first-order valence-corrected chi connectivity index (χ1v) is 5.64. The third-order valence-electron chi connectivity index (χ3n) is 3.49. The van der Waals surface area contributed by atoms with Crippen LogP contribution in [0.3, 0.4) is 0 Å². The maximum absolute atomic E-state index is 11.9. The van der Waals surface area contributed by atoms with Crippen molar-refractivity contribution < 1.29 is 4.79 Å². The van der Waals surface area contributed by atoms with E-state index in [9.17, 15) is 4.79 Å². The molecule has 0 saturated heterocycles. The van der Waals surface area contributed by atoms with Crippen LogP contribution in [0.25, 0.3) is 0 Å². The molecule has 3 N–H and O–H groups in total. The Balaban J connectivity index is 2.24. The van der Waals surface area contributed by atoms with Crippen LogP contribution in [0.4, 0.5) is 5.69 Å². The number of hydrogen-bond donors (Lipinski definition) is 2. The molecule has 84 valence electrons. The van der Waals surface area contributed by atoms with Gasteiger partial charge in [0.05, 0.1) is 17.4 Å². The summed E-state index contributed by atoms with van der Waals surface area (Å²) in [6.45, 7) is 2.92. The van der Waals surface area contributed by atoms with Gasteiger partial charge in [0.1, 0.15) is 0 Å². The number of nitrogens with one attached hydrogen (secondary N) is 1. The predicted octanol–water partition coefficient (Wildman–Crippen LogP) is 0.986. The molecule has 3 rings (SSSR count). The Bertz CT molecular complexity index is 458. The Morgan fingerprint density at radius 3 is 3.12 bits per heavy atom. The molecule has 2 aliphatic heterocycles. The van der Waals surface area contributed by atoms with Crippen molar-refractivity contribution in [2.75, 3.05) is 11.4 Å². The van der Waals surface area contributed by atoms with Crippen LogP contribution in [0.5, 0.6) is 0 Å². The molecule has 1 amide bonds. The lowest BCUT2D eigenvalue weighted by atomic mass is 9.92. The van der Waals surface area contributed by atoms with Crippen molar-refractivity contribution in [3.63, 3.8) is 0 Å². The average molecular weight is 217 g/mol. The van der Waals surface area contributed by atoms with Crippen LogP contribution in [-0.4, -0.2) is 18.6 Å². The summed E-state index contributed by atoms with van der Waals surface area (Å²) in [6.07, 6.45) is 1.00. The van der Waals surface area contributed by atoms with Crippen LogP contribution in [0.2, 0.25) is 0 Å². The molecule has 2 aliphatic rings. The number of hydrogen-bond acceptors (Lipinski definition) is 3. The highest BCUT2D eigenvalue weighted by Gasteiger charge is 2.34. The summed E-state index contributed by atoms with van der Waals surface area (Å²) in [7, 11) is 0. The lowest BCUT2D eigenvalue weighted by Gasteiger charge is -2.42. The minimum Gasteiger partial charge on any atom is -0.351 e. The molecule has 0 radical (unpaired) electrons. The maximum atomic E-state index is 11.9. The van der Waals surface area contributed by atoms with E-state index in [1.807, 2.05) is 25.1 Å². The molecule has 0 spiro atoms. The van der Waals surface area contributed by atoms with Gasteiger partial charge < -0.3 is 16.0 Å². The number of nitrogens with zero attached hydrogens (tertiary/aromatic N) is 1. The zero-order valence-electron chi connectivity index (χ0n) is 9.23. The second-order valence-corrected chi connectivity index (χ2v) is 4.48. The Labute approximate surface area is 94.4 Å². The van der Waals surface area contributed by atoms with Crippen molar-refractivity contribution in [3.05, 3.63) is 29.3 Å². The van der Waals surface area contributed by atoms with E-state index in [4.69, 9.17) is 5.73 Å². The van der Waals surface area contributed by atoms with Crippen LogP contribution < -0.4 is 16.0 Å². The Hall–Kier alpha value is -1.55. The highest BCUT2D eigenvalue weighted by molar-refractivity contribution is 6.03. The molecule has 0 unspecified atom stereocenters. The molecular weight excluding hydrogens is 202 g/mol. The molecule has 1 aromatic carbocycles. The van der Waals surface area contributed by atoms with E-state index >= 15 is 0 Å².